The normalized spacial score (nSPS) is 27.1. The Morgan fingerprint density at radius 1 is 1.43 bits per heavy atom. The minimum Gasteiger partial charge on any atom is -0.404 e. The Morgan fingerprint density at radius 2 is 2.14 bits per heavy atom. The van der Waals surface area contributed by atoms with Gasteiger partial charge < -0.3 is 21.1 Å². The Bertz CT molecular complexity index is 943. The second-order valence-electron chi connectivity index (χ2n) is 7.34. The van der Waals surface area contributed by atoms with Crippen LogP contribution in [0, 0.1) is 5.41 Å². The summed E-state index contributed by atoms with van der Waals surface area (Å²) in [5.74, 6) is -0.0366. The van der Waals surface area contributed by atoms with Crippen molar-refractivity contribution in [3.63, 3.8) is 0 Å². The highest BCUT2D eigenvalue weighted by atomic mass is 35.5. The van der Waals surface area contributed by atoms with Gasteiger partial charge in [-0.25, -0.2) is 0 Å². The minimum absolute atomic E-state index is 0.0366. The van der Waals surface area contributed by atoms with Gasteiger partial charge in [0.15, 0.2) is 0 Å². The van der Waals surface area contributed by atoms with E-state index in [1.54, 1.807) is 29.8 Å². The van der Waals surface area contributed by atoms with Gasteiger partial charge in [0.1, 0.15) is 5.60 Å². The van der Waals surface area contributed by atoms with E-state index in [2.05, 4.69) is 4.98 Å². The maximum atomic E-state index is 13.2. The molecule has 2 aromatic rings. The van der Waals surface area contributed by atoms with Crippen molar-refractivity contribution in [1.82, 2.24) is 9.88 Å². The van der Waals surface area contributed by atoms with Crippen LogP contribution in [0.3, 0.4) is 0 Å². The molecule has 0 radical (unpaired) electrons. The molecule has 146 valence electrons. The third-order valence-corrected chi connectivity index (χ3v) is 6.95. The monoisotopic (exact) mass is 416 g/mol. The van der Waals surface area contributed by atoms with Crippen LogP contribution >= 0.6 is 22.9 Å². The van der Waals surface area contributed by atoms with Crippen LogP contribution < -0.4 is 5.73 Å². The van der Waals surface area contributed by atoms with Crippen molar-refractivity contribution >= 4 is 40.6 Å². The smallest absolute Gasteiger partial charge is 0.255 e. The zero-order chi connectivity index (χ0) is 19.9. The molecule has 0 spiro atoms. The van der Waals surface area contributed by atoms with Crippen LogP contribution in [0.4, 0.5) is 0 Å². The van der Waals surface area contributed by atoms with Crippen LogP contribution in [0.25, 0.3) is 5.57 Å². The number of thiophene rings is 1. The summed E-state index contributed by atoms with van der Waals surface area (Å²) < 4.78 is 0. The van der Waals surface area contributed by atoms with Crippen LogP contribution in [-0.2, 0) is 5.60 Å². The van der Waals surface area contributed by atoms with Crippen molar-refractivity contribution in [3.05, 3.63) is 57.1 Å². The lowest BCUT2D eigenvalue weighted by Crippen LogP contribution is -2.52. The predicted molar refractivity (Wildman–Crippen MR) is 111 cm³/mol. The zero-order valence-corrected chi connectivity index (χ0v) is 16.7. The number of nitrogens with one attached hydrogen (secondary N) is 1. The summed E-state index contributed by atoms with van der Waals surface area (Å²) >= 11 is 7.68. The average Bonchev–Trinajstić information content (AvgIpc) is 3.27. The van der Waals surface area contributed by atoms with Crippen LogP contribution in [-0.4, -0.2) is 39.2 Å². The third kappa shape index (κ3) is 3.13. The van der Waals surface area contributed by atoms with E-state index < -0.39 is 5.60 Å². The molecule has 0 aliphatic carbocycles. The van der Waals surface area contributed by atoms with Gasteiger partial charge in [0.05, 0.1) is 16.3 Å². The Kier molecular flexibility index (Phi) is 4.99. The molecule has 2 saturated heterocycles. The number of nitrogens with two attached hydrogens (primary N) is 1. The van der Waals surface area contributed by atoms with Gasteiger partial charge in [0.2, 0.25) is 0 Å². The van der Waals surface area contributed by atoms with Crippen molar-refractivity contribution in [2.45, 2.75) is 43.4 Å². The summed E-state index contributed by atoms with van der Waals surface area (Å²) in [5, 5.41) is 21.0. The summed E-state index contributed by atoms with van der Waals surface area (Å²) in [6, 6.07) is 5.16. The quantitative estimate of drug-likeness (QED) is 0.664. The van der Waals surface area contributed by atoms with E-state index in [0.29, 0.717) is 34.7 Å². The fraction of sp³-hybridized carbons (Fsp3) is 0.350. The van der Waals surface area contributed by atoms with Crippen LogP contribution in [0.15, 0.2) is 36.0 Å². The number of nitrogens with zero attached hydrogens (tertiary/aromatic N) is 2. The number of hydrogen-bond acceptors (Lipinski definition) is 6. The Labute approximate surface area is 172 Å². The summed E-state index contributed by atoms with van der Waals surface area (Å²) in [6.45, 7) is 0. The molecule has 1 amide bonds. The van der Waals surface area contributed by atoms with Crippen LogP contribution in [0.5, 0.6) is 0 Å². The standard InChI is InChI=1S/C20H21ClN4O2S/c21-16-2-1-5-24-18(16)20(27)7-14-3-4-15(8-20)25(14)19(26)12-6-17(28-11-12)13(9-22)10-23/h1-2,5-6,9-11,14-15,22,27H,3-4,7-8,23H2/b13-10+,22-9?/t14-,15?,20?/m0/s1. The first-order chi connectivity index (χ1) is 13.5. The van der Waals surface area contributed by atoms with Gasteiger partial charge in [-0.1, -0.05) is 11.6 Å². The maximum absolute atomic E-state index is 13.2. The van der Waals surface area contributed by atoms with E-state index in [1.165, 1.54) is 23.8 Å². The highest BCUT2D eigenvalue weighted by molar-refractivity contribution is 7.11. The summed E-state index contributed by atoms with van der Waals surface area (Å²) in [5.41, 5.74) is 6.12. The molecule has 28 heavy (non-hydrogen) atoms. The van der Waals surface area contributed by atoms with Gasteiger partial charge in [0, 0.05) is 59.4 Å². The number of halogens is 1. The number of piperidine rings is 1. The number of aliphatic hydroxyl groups is 1. The molecular weight excluding hydrogens is 396 g/mol. The first-order valence-electron chi connectivity index (χ1n) is 9.14. The topological polar surface area (TPSA) is 103 Å². The maximum Gasteiger partial charge on any atom is 0.255 e. The number of carbonyl (C=O) groups is 1. The van der Waals surface area contributed by atoms with Gasteiger partial charge >= 0.3 is 0 Å². The molecule has 0 saturated carbocycles. The first-order valence-corrected chi connectivity index (χ1v) is 10.4. The number of pyridine rings is 1. The highest BCUT2D eigenvalue weighted by Crippen LogP contribution is 2.47. The highest BCUT2D eigenvalue weighted by Gasteiger charge is 2.51. The van der Waals surface area contributed by atoms with Crippen molar-refractivity contribution in [3.8, 4) is 0 Å². The molecule has 4 rings (SSSR count). The van der Waals surface area contributed by atoms with Crippen LogP contribution in [0.1, 0.15) is 46.6 Å². The van der Waals surface area contributed by atoms with E-state index in [9.17, 15) is 9.90 Å². The number of aromatic nitrogens is 1. The fourth-order valence-corrected chi connectivity index (χ4v) is 5.61. The van der Waals surface area contributed by atoms with Gasteiger partial charge in [0.25, 0.3) is 5.91 Å². The second kappa shape index (κ2) is 7.31. The number of carbonyl (C=O) groups excluding carboxylic acids is 1. The average molecular weight is 417 g/mol. The molecule has 6 nitrogen and oxygen atoms in total. The lowest BCUT2D eigenvalue weighted by molar-refractivity contribution is -0.0507. The largest absolute Gasteiger partial charge is 0.404 e. The second-order valence-corrected chi connectivity index (χ2v) is 8.66. The molecule has 2 fully saturated rings. The van der Waals surface area contributed by atoms with Crippen molar-refractivity contribution in [1.29, 1.82) is 5.41 Å². The minimum atomic E-state index is -1.11. The number of hydrogen-bond donors (Lipinski definition) is 3. The van der Waals surface area contributed by atoms with E-state index in [4.69, 9.17) is 22.7 Å². The summed E-state index contributed by atoms with van der Waals surface area (Å²) in [4.78, 5) is 20.2. The lowest BCUT2D eigenvalue weighted by atomic mass is 9.83. The third-order valence-electron chi connectivity index (χ3n) is 5.67. The van der Waals surface area contributed by atoms with Gasteiger partial charge in [-0.05, 0) is 31.0 Å². The Hall–Kier alpha value is -2.22. The number of allylic oxidation sites excluding steroid dienone is 1. The van der Waals surface area contributed by atoms with Gasteiger partial charge in [-0.15, -0.1) is 11.3 Å². The van der Waals surface area contributed by atoms with E-state index in [-0.39, 0.29) is 18.0 Å². The first kappa shape index (κ1) is 19.1. The molecule has 2 aromatic heterocycles. The summed E-state index contributed by atoms with van der Waals surface area (Å²) in [6.07, 6.45) is 6.76. The molecule has 0 aromatic carbocycles. The van der Waals surface area contributed by atoms with E-state index >= 15 is 0 Å². The molecule has 8 heteroatoms. The van der Waals surface area contributed by atoms with E-state index in [0.717, 1.165) is 17.7 Å². The van der Waals surface area contributed by atoms with Crippen molar-refractivity contribution < 1.29 is 9.90 Å². The van der Waals surface area contributed by atoms with Crippen molar-refractivity contribution in [2.24, 2.45) is 5.73 Å². The molecule has 2 aliphatic heterocycles. The molecule has 4 heterocycles. The molecule has 2 bridgehead atoms. The molecule has 2 unspecified atom stereocenters. The number of fused-ring (bicyclic) bond motifs is 2. The molecular formula is C20H21ClN4O2S. The molecule has 4 N–H and O–H groups in total. The van der Waals surface area contributed by atoms with Gasteiger partial charge in [-0.3, -0.25) is 9.78 Å². The lowest BCUT2D eigenvalue weighted by Gasteiger charge is -2.43. The zero-order valence-electron chi connectivity index (χ0n) is 15.1. The van der Waals surface area contributed by atoms with E-state index in [1.807, 2.05) is 4.90 Å². The van der Waals surface area contributed by atoms with Crippen LogP contribution in [0.2, 0.25) is 5.02 Å². The number of amides is 1. The van der Waals surface area contributed by atoms with Crippen molar-refractivity contribution in [2.75, 3.05) is 0 Å². The Balaban J connectivity index is 1.58. The predicted octanol–water partition coefficient (Wildman–Crippen LogP) is 3.40. The SMILES string of the molecule is N=C/C(=C\N)c1cc(C(=O)N2C3CC[C@H]2CC(O)(c2ncccc2Cl)C3)cs1. The summed E-state index contributed by atoms with van der Waals surface area (Å²) in [7, 11) is 0. The molecule has 2 aliphatic rings. The number of rotatable bonds is 4. The fourth-order valence-electron chi connectivity index (χ4n) is 4.43. The Morgan fingerprint density at radius 3 is 2.75 bits per heavy atom. The van der Waals surface area contributed by atoms with Gasteiger partial charge in [-0.2, -0.15) is 0 Å². The molecule has 3 atom stereocenters.